The second-order valence-corrected chi connectivity index (χ2v) is 10.9. The summed E-state index contributed by atoms with van der Waals surface area (Å²) in [5.41, 5.74) is 4.01. The van der Waals surface area contributed by atoms with Gasteiger partial charge in [-0.25, -0.2) is 15.0 Å². The Kier molecular flexibility index (Phi) is 5.23. The first-order valence-corrected chi connectivity index (χ1v) is 13.4. The molecule has 4 heterocycles. The molecule has 1 saturated carbocycles. The summed E-state index contributed by atoms with van der Waals surface area (Å²) in [6.45, 7) is 0.811. The molecule has 2 fully saturated rings. The van der Waals surface area contributed by atoms with E-state index in [-0.39, 0.29) is 11.8 Å². The molecule has 0 bridgehead atoms. The van der Waals surface area contributed by atoms with Crippen LogP contribution in [0.4, 0.5) is 17.3 Å². The summed E-state index contributed by atoms with van der Waals surface area (Å²) >= 11 is 0. The minimum absolute atomic E-state index is 0.0115. The van der Waals surface area contributed by atoms with Gasteiger partial charge in [0, 0.05) is 36.1 Å². The summed E-state index contributed by atoms with van der Waals surface area (Å²) in [6, 6.07) is 12.2. The fourth-order valence-electron chi connectivity index (χ4n) is 7.06. The predicted molar refractivity (Wildman–Crippen MR) is 140 cm³/mol. The number of nitrogens with zero attached hydrogens (tertiary/aromatic N) is 4. The monoisotopic (exact) mass is 494 g/mol. The fraction of sp³-hybridized carbons (Fsp3) is 0.414. The first-order chi connectivity index (χ1) is 18.1. The SMILES string of the molecule is O=C(c1cc(Nc2ccc3c(c2)CC2(C3)C(=O)Nc3ncccc32)ncn1)N1CCCC2CCCCC21. The van der Waals surface area contributed by atoms with Crippen molar-refractivity contribution in [2.24, 2.45) is 5.92 Å². The van der Waals surface area contributed by atoms with Crippen molar-refractivity contribution in [2.45, 2.75) is 62.8 Å². The van der Waals surface area contributed by atoms with Gasteiger partial charge in [-0.3, -0.25) is 9.59 Å². The predicted octanol–water partition coefficient (Wildman–Crippen LogP) is 4.40. The van der Waals surface area contributed by atoms with Crippen molar-refractivity contribution in [3.8, 4) is 0 Å². The van der Waals surface area contributed by atoms with Crippen LogP contribution in [0.2, 0.25) is 0 Å². The second kappa shape index (κ2) is 8.64. The number of carbonyl (C=O) groups is 2. The molecule has 2 N–H and O–H groups in total. The largest absolute Gasteiger partial charge is 0.340 e. The Bertz CT molecular complexity index is 1400. The van der Waals surface area contributed by atoms with Gasteiger partial charge in [0.1, 0.15) is 23.7 Å². The lowest BCUT2D eigenvalue weighted by Crippen LogP contribution is -2.49. The van der Waals surface area contributed by atoms with Crippen LogP contribution in [0.3, 0.4) is 0 Å². The van der Waals surface area contributed by atoms with E-state index in [2.05, 4.69) is 42.6 Å². The molecule has 188 valence electrons. The minimum atomic E-state index is -0.593. The number of benzene rings is 1. The highest BCUT2D eigenvalue weighted by atomic mass is 16.2. The minimum Gasteiger partial charge on any atom is -0.340 e. The molecule has 3 aromatic rings. The molecule has 3 atom stereocenters. The molecule has 2 aliphatic heterocycles. The maximum Gasteiger partial charge on any atom is 0.272 e. The van der Waals surface area contributed by atoms with Gasteiger partial charge in [0.05, 0.1) is 5.41 Å². The molecule has 2 aliphatic carbocycles. The van der Waals surface area contributed by atoms with E-state index < -0.39 is 5.41 Å². The Morgan fingerprint density at radius 1 is 1.00 bits per heavy atom. The smallest absolute Gasteiger partial charge is 0.272 e. The number of aromatic nitrogens is 3. The van der Waals surface area contributed by atoms with Gasteiger partial charge in [-0.15, -0.1) is 0 Å². The lowest BCUT2D eigenvalue weighted by molar-refractivity contribution is -0.120. The van der Waals surface area contributed by atoms with Crippen LogP contribution in [0.15, 0.2) is 48.9 Å². The normalized spacial score (nSPS) is 25.8. The van der Waals surface area contributed by atoms with Crippen LogP contribution in [-0.4, -0.2) is 44.3 Å². The van der Waals surface area contributed by atoms with Gasteiger partial charge in [-0.1, -0.05) is 25.0 Å². The third-order valence-corrected chi connectivity index (χ3v) is 8.84. The number of nitrogens with one attached hydrogen (secondary N) is 2. The maximum absolute atomic E-state index is 13.5. The van der Waals surface area contributed by atoms with Crippen molar-refractivity contribution in [3.63, 3.8) is 0 Å². The number of amides is 2. The zero-order valence-electron chi connectivity index (χ0n) is 20.7. The lowest BCUT2D eigenvalue weighted by atomic mass is 9.78. The van der Waals surface area contributed by atoms with Crippen LogP contribution in [0.1, 0.15) is 65.7 Å². The first-order valence-electron chi connectivity index (χ1n) is 13.4. The highest BCUT2D eigenvalue weighted by molar-refractivity contribution is 6.06. The topological polar surface area (TPSA) is 100 Å². The first kappa shape index (κ1) is 22.4. The van der Waals surface area contributed by atoms with E-state index in [1.165, 1.54) is 37.6 Å². The van der Waals surface area contributed by atoms with Crippen molar-refractivity contribution < 1.29 is 9.59 Å². The van der Waals surface area contributed by atoms with Gasteiger partial charge in [0.2, 0.25) is 5.91 Å². The summed E-state index contributed by atoms with van der Waals surface area (Å²) < 4.78 is 0. The number of rotatable bonds is 3. The highest BCUT2D eigenvalue weighted by Gasteiger charge is 2.51. The van der Waals surface area contributed by atoms with Gasteiger partial charge >= 0.3 is 0 Å². The molecule has 1 saturated heterocycles. The van der Waals surface area contributed by atoms with Gasteiger partial charge in [-0.05, 0) is 73.8 Å². The highest BCUT2D eigenvalue weighted by Crippen LogP contribution is 2.47. The molecule has 0 radical (unpaired) electrons. The molecular formula is C29H30N6O2. The quantitative estimate of drug-likeness (QED) is 0.560. The molecule has 3 unspecified atom stereocenters. The van der Waals surface area contributed by atoms with Crippen LogP contribution < -0.4 is 10.6 Å². The third kappa shape index (κ3) is 3.69. The molecule has 8 heteroatoms. The Labute approximate surface area is 215 Å². The zero-order chi connectivity index (χ0) is 25.0. The average molecular weight is 495 g/mol. The molecule has 8 nitrogen and oxygen atoms in total. The number of anilines is 3. The Morgan fingerprint density at radius 2 is 1.86 bits per heavy atom. The van der Waals surface area contributed by atoms with Gasteiger partial charge in [0.15, 0.2) is 0 Å². The summed E-state index contributed by atoms with van der Waals surface area (Å²) in [5.74, 6) is 1.92. The fourth-order valence-corrected chi connectivity index (χ4v) is 7.06. The molecule has 2 amide bonds. The third-order valence-electron chi connectivity index (χ3n) is 8.84. The van der Waals surface area contributed by atoms with Gasteiger partial charge < -0.3 is 15.5 Å². The van der Waals surface area contributed by atoms with Crippen LogP contribution in [0.5, 0.6) is 0 Å². The molecule has 2 aromatic heterocycles. The van der Waals surface area contributed by atoms with Crippen molar-refractivity contribution in [1.29, 1.82) is 0 Å². The molecule has 37 heavy (non-hydrogen) atoms. The molecule has 1 aromatic carbocycles. The standard InChI is InChI=1S/C29H30N6O2/c36-27(35-12-4-6-18-5-1-2-8-24(18)35)23-14-25(32-17-31-23)33-21-10-9-19-15-29(16-20(19)13-21)22-7-3-11-30-26(22)34-28(29)37/h3,7,9-11,13-14,17-18,24H,1-2,4-6,8,12,15-16H2,(H,30,34,37)(H,31,32,33). The Hall–Kier alpha value is -3.81. The summed E-state index contributed by atoms with van der Waals surface area (Å²) in [6.07, 6.45) is 11.6. The molecule has 1 spiro atoms. The second-order valence-electron chi connectivity index (χ2n) is 10.9. The van der Waals surface area contributed by atoms with E-state index in [1.807, 2.05) is 18.2 Å². The van der Waals surface area contributed by atoms with Crippen molar-refractivity contribution >= 4 is 29.1 Å². The van der Waals surface area contributed by atoms with E-state index in [1.54, 1.807) is 12.3 Å². The maximum atomic E-state index is 13.5. The Morgan fingerprint density at radius 3 is 2.81 bits per heavy atom. The van der Waals surface area contributed by atoms with Crippen molar-refractivity contribution in [3.05, 3.63) is 71.3 Å². The molecule has 4 aliphatic rings. The summed E-state index contributed by atoms with van der Waals surface area (Å²) in [7, 11) is 0. The van der Waals surface area contributed by atoms with Gasteiger partial charge in [0.25, 0.3) is 5.91 Å². The number of fused-ring (bicyclic) bond motifs is 4. The van der Waals surface area contributed by atoms with Crippen LogP contribution >= 0.6 is 0 Å². The van der Waals surface area contributed by atoms with Crippen LogP contribution in [0.25, 0.3) is 0 Å². The van der Waals surface area contributed by atoms with Crippen molar-refractivity contribution in [2.75, 3.05) is 17.2 Å². The number of hydrogen-bond donors (Lipinski definition) is 2. The lowest BCUT2D eigenvalue weighted by Gasteiger charge is -2.44. The van der Waals surface area contributed by atoms with Crippen LogP contribution in [-0.2, 0) is 23.1 Å². The van der Waals surface area contributed by atoms with E-state index in [0.717, 1.165) is 36.2 Å². The van der Waals surface area contributed by atoms with Gasteiger partial charge in [-0.2, -0.15) is 0 Å². The summed E-state index contributed by atoms with van der Waals surface area (Å²) in [4.78, 5) is 41.6. The number of likely N-dealkylation sites (tertiary alicyclic amines) is 1. The zero-order valence-corrected chi connectivity index (χ0v) is 20.7. The number of hydrogen-bond acceptors (Lipinski definition) is 6. The van der Waals surface area contributed by atoms with Crippen molar-refractivity contribution in [1.82, 2.24) is 19.9 Å². The molecular weight excluding hydrogens is 464 g/mol. The van der Waals surface area contributed by atoms with E-state index in [9.17, 15) is 9.59 Å². The van der Waals surface area contributed by atoms with Crippen LogP contribution in [0, 0.1) is 5.92 Å². The number of pyridine rings is 1. The average Bonchev–Trinajstić information content (AvgIpc) is 3.45. The number of carbonyl (C=O) groups excluding carboxylic acids is 2. The molecule has 7 rings (SSSR count). The van der Waals surface area contributed by atoms with E-state index in [4.69, 9.17) is 0 Å². The van der Waals surface area contributed by atoms with E-state index >= 15 is 0 Å². The number of piperidine rings is 1. The summed E-state index contributed by atoms with van der Waals surface area (Å²) in [5, 5.41) is 6.32. The van der Waals surface area contributed by atoms with E-state index in [0.29, 0.717) is 42.1 Å². The Balaban J connectivity index is 1.11.